The molecule has 12 rings (SSSR count). The van der Waals surface area contributed by atoms with Gasteiger partial charge < -0.3 is 13.7 Å². The molecular weight excluding hydrogens is 733 g/mol. The second-order valence-electron chi connectivity index (χ2n) is 16.4. The highest BCUT2D eigenvalue weighted by Gasteiger charge is 2.35. The van der Waals surface area contributed by atoms with Crippen LogP contribution in [-0.2, 0) is 5.41 Å². The van der Waals surface area contributed by atoms with Crippen molar-refractivity contribution in [2.75, 3.05) is 4.90 Å². The van der Waals surface area contributed by atoms with E-state index in [0.29, 0.717) is 5.89 Å². The molecule has 2 aromatic heterocycles. The summed E-state index contributed by atoms with van der Waals surface area (Å²) < 4.78 is 12.6. The van der Waals surface area contributed by atoms with Gasteiger partial charge in [-0.1, -0.05) is 135 Å². The van der Waals surface area contributed by atoms with Crippen LogP contribution < -0.4 is 4.90 Å². The summed E-state index contributed by atoms with van der Waals surface area (Å²) >= 11 is 0. The normalized spacial score (nSPS) is 13.0. The van der Waals surface area contributed by atoms with Crippen LogP contribution in [0.1, 0.15) is 25.0 Å². The molecule has 0 spiro atoms. The third-order valence-electron chi connectivity index (χ3n) is 12.5. The average Bonchev–Trinajstić information content (AvgIpc) is 3.95. The van der Waals surface area contributed by atoms with E-state index in [1.807, 2.05) is 36.4 Å². The topological polar surface area (TPSA) is 42.4 Å². The van der Waals surface area contributed by atoms with Crippen LogP contribution in [0.2, 0.25) is 0 Å². The van der Waals surface area contributed by atoms with Gasteiger partial charge in [-0.3, -0.25) is 0 Å². The summed E-state index contributed by atoms with van der Waals surface area (Å²) in [6.45, 7) is 4.67. The van der Waals surface area contributed by atoms with Gasteiger partial charge in [-0.25, -0.2) is 4.98 Å². The number of fused-ring (bicyclic) bond motifs is 8. The van der Waals surface area contributed by atoms with Crippen LogP contribution in [0, 0.1) is 0 Å². The molecule has 0 atom stereocenters. The number of nitrogens with zero attached hydrogens (tertiary/aromatic N) is 2. The van der Waals surface area contributed by atoms with E-state index in [9.17, 15) is 0 Å². The summed E-state index contributed by atoms with van der Waals surface area (Å²) in [7, 11) is 0. The molecule has 0 radical (unpaired) electrons. The molecule has 1 aliphatic rings. The quantitative estimate of drug-likeness (QED) is 0.169. The molecule has 0 saturated carbocycles. The van der Waals surface area contributed by atoms with Gasteiger partial charge in [0.05, 0.1) is 0 Å². The maximum Gasteiger partial charge on any atom is 0.227 e. The molecular formula is C56H38N2O2. The zero-order valence-corrected chi connectivity index (χ0v) is 33.2. The third-order valence-corrected chi connectivity index (χ3v) is 12.5. The Hall–Kier alpha value is -7.69. The largest absolute Gasteiger partial charge is 0.456 e. The molecule has 4 nitrogen and oxygen atoms in total. The van der Waals surface area contributed by atoms with Gasteiger partial charge in [0.15, 0.2) is 5.58 Å². The van der Waals surface area contributed by atoms with E-state index in [1.165, 1.54) is 44.2 Å². The van der Waals surface area contributed by atoms with Crippen LogP contribution in [-0.4, -0.2) is 4.98 Å². The number of hydrogen-bond donors (Lipinski definition) is 0. The fraction of sp³-hybridized carbons (Fsp3) is 0.0536. The number of aromatic nitrogens is 1. The van der Waals surface area contributed by atoms with Gasteiger partial charge in [0.1, 0.15) is 16.7 Å². The summed E-state index contributed by atoms with van der Waals surface area (Å²) in [4.78, 5) is 7.15. The Bertz CT molecular complexity index is 3440. The Morgan fingerprint density at radius 3 is 1.88 bits per heavy atom. The van der Waals surface area contributed by atoms with Crippen molar-refractivity contribution in [1.82, 2.24) is 4.98 Å². The zero-order valence-electron chi connectivity index (χ0n) is 33.2. The van der Waals surface area contributed by atoms with Gasteiger partial charge in [-0.05, 0) is 122 Å². The molecule has 0 unspecified atom stereocenters. The van der Waals surface area contributed by atoms with Crippen molar-refractivity contribution in [3.05, 3.63) is 205 Å². The maximum atomic E-state index is 6.35. The van der Waals surface area contributed by atoms with Crippen molar-refractivity contribution in [3.8, 4) is 44.8 Å². The predicted octanol–water partition coefficient (Wildman–Crippen LogP) is 15.7. The van der Waals surface area contributed by atoms with E-state index in [1.54, 1.807) is 0 Å². The van der Waals surface area contributed by atoms with Crippen molar-refractivity contribution in [2.45, 2.75) is 19.3 Å². The molecule has 284 valence electrons. The first kappa shape index (κ1) is 34.4. The van der Waals surface area contributed by atoms with Gasteiger partial charge >= 0.3 is 0 Å². The summed E-state index contributed by atoms with van der Waals surface area (Å²) in [5, 5.41) is 4.54. The minimum atomic E-state index is -0.0651. The van der Waals surface area contributed by atoms with Gasteiger partial charge in [-0.2, -0.15) is 0 Å². The molecule has 0 fully saturated rings. The first-order chi connectivity index (χ1) is 29.5. The van der Waals surface area contributed by atoms with Crippen LogP contribution in [0.4, 0.5) is 17.1 Å². The fourth-order valence-corrected chi connectivity index (χ4v) is 9.45. The molecule has 0 amide bonds. The minimum Gasteiger partial charge on any atom is -0.456 e. The lowest BCUT2D eigenvalue weighted by Crippen LogP contribution is -2.15. The Kier molecular flexibility index (Phi) is 7.54. The van der Waals surface area contributed by atoms with Crippen molar-refractivity contribution >= 4 is 60.9 Å². The lowest BCUT2D eigenvalue weighted by atomic mass is 9.82. The Morgan fingerprint density at radius 2 is 1.05 bits per heavy atom. The smallest absolute Gasteiger partial charge is 0.227 e. The Balaban J connectivity index is 0.940. The van der Waals surface area contributed by atoms with E-state index < -0.39 is 0 Å². The molecule has 60 heavy (non-hydrogen) atoms. The second kappa shape index (κ2) is 13.2. The second-order valence-corrected chi connectivity index (χ2v) is 16.4. The Morgan fingerprint density at radius 1 is 0.400 bits per heavy atom. The van der Waals surface area contributed by atoms with Crippen LogP contribution in [0.25, 0.3) is 88.6 Å². The van der Waals surface area contributed by atoms with Crippen LogP contribution >= 0.6 is 0 Å². The number of rotatable bonds is 6. The number of furan rings is 1. The monoisotopic (exact) mass is 770 g/mol. The van der Waals surface area contributed by atoms with Gasteiger partial charge in [0.2, 0.25) is 5.89 Å². The summed E-state index contributed by atoms with van der Waals surface area (Å²) in [6, 6.07) is 69.4. The minimum absolute atomic E-state index is 0.0651. The number of oxazole rings is 1. The van der Waals surface area contributed by atoms with E-state index in [2.05, 4.69) is 176 Å². The maximum absolute atomic E-state index is 6.35. The van der Waals surface area contributed by atoms with Gasteiger partial charge in [-0.15, -0.1) is 0 Å². The lowest BCUT2D eigenvalue weighted by molar-refractivity contribution is 0.620. The molecule has 0 N–H and O–H groups in total. The Labute approximate surface area is 347 Å². The van der Waals surface area contributed by atoms with Crippen molar-refractivity contribution in [2.24, 2.45) is 0 Å². The first-order valence-electron chi connectivity index (χ1n) is 20.5. The number of anilines is 3. The number of benzene rings is 9. The van der Waals surface area contributed by atoms with E-state index in [0.717, 1.165) is 66.8 Å². The highest BCUT2D eigenvalue weighted by molar-refractivity contribution is 6.10. The van der Waals surface area contributed by atoms with Crippen LogP contribution in [0.3, 0.4) is 0 Å². The van der Waals surface area contributed by atoms with E-state index in [-0.39, 0.29) is 5.41 Å². The highest BCUT2D eigenvalue weighted by Crippen LogP contribution is 2.51. The molecule has 0 bridgehead atoms. The van der Waals surface area contributed by atoms with Crippen molar-refractivity contribution < 1.29 is 8.83 Å². The van der Waals surface area contributed by atoms with Crippen molar-refractivity contribution in [1.29, 1.82) is 0 Å². The van der Waals surface area contributed by atoms with E-state index >= 15 is 0 Å². The summed E-state index contributed by atoms with van der Waals surface area (Å²) in [5.74, 6) is 0.603. The summed E-state index contributed by atoms with van der Waals surface area (Å²) in [6.07, 6.45) is 0. The molecule has 2 heterocycles. The van der Waals surface area contributed by atoms with Gasteiger partial charge in [0, 0.05) is 44.9 Å². The molecule has 9 aromatic carbocycles. The van der Waals surface area contributed by atoms with E-state index in [4.69, 9.17) is 13.8 Å². The molecule has 0 saturated heterocycles. The lowest BCUT2D eigenvalue weighted by Gasteiger charge is -2.27. The summed E-state index contributed by atoms with van der Waals surface area (Å²) in [5.41, 5.74) is 17.3. The average molecular weight is 771 g/mol. The third kappa shape index (κ3) is 5.41. The van der Waals surface area contributed by atoms with Crippen LogP contribution in [0.5, 0.6) is 0 Å². The first-order valence-corrected chi connectivity index (χ1v) is 20.5. The zero-order chi connectivity index (χ0) is 40.0. The SMILES string of the molecule is CC1(C)c2ccccc2-c2cc(N(c3ccc(-c4ccc5oc6cc7nc(-c8ccccc8)oc7cc6c5c4)cc3)c3ccc(-c4cccc5ccccc45)cc3)ccc21. The molecule has 0 aliphatic heterocycles. The standard InChI is InChI=1S/C56H38N2O2/c1-56(2)49-18-9-8-16-45(49)46-32-42(28-29-50(46)56)58(41-26-21-37(22-27-41)44-17-10-14-36-11-6-7-15-43(36)44)40-24-19-35(20-25-40)39-23-30-52-47(31-39)48-33-54-51(34-53(48)59-52)57-55(60-54)38-12-4-3-5-13-38/h3-34H,1-2H3. The van der Waals surface area contributed by atoms with Crippen molar-refractivity contribution in [3.63, 3.8) is 0 Å². The predicted molar refractivity (Wildman–Crippen MR) is 247 cm³/mol. The van der Waals surface area contributed by atoms with Gasteiger partial charge in [0.25, 0.3) is 0 Å². The molecule has 4 heteroatoms. The molecule has 11 aromatic rings. The van der Waals surface area contributed by atoms with Crippen LogP contribution in [0.15, 0.2) is 203 Å². The number of hydrogen-bond acceptors (Lipinski definition) is 4. The fourth-order valence-electron chi connectivity index (χ4n) is 9.45. The molecule has 1 aliphatic carbocycles. The highest BCUT2D eigenvalue weighted by atomic mass is 16.4.